The number of non-ortho nitro benzene ring substituents is 1. The van der Waals surface area contributed by atoms with Crippen molar-refractivity contribution in [2.24, 2.45) is 0 Å². The molecule has 0 aliphatic heterocycles. The van der Waals surface area contributed by atoms with Gasteiger partial charge in [0, 0.05) is 12.1 Å². The van der Waals surface area contributed by atoms with E-state index in [2.05, 4.69) is 4.98 Å². The van der Waals surface area contributed by atoms with E-state index < -0.39 is 4.92 Å². The van der Waals surface area contributed by atoms with E-state index in [1.807, 2.05) is 30.3 Å². The molecule has 9 heteroatoms. The number of nitro groups is 2. The summed E-state index contributed by atoms with van der Waals surface area (Å²) in [6.07, 6.45) is 0. The van der Waals surface area contributed by atoms with Crippen LogP contribution < -0.4 is 0 Å². The van der Waals surface area contributed by atoms with Gasteiger partial charge in [0.05, 0.1) is 25.6 Å². The molecule has 0 bridgehead atoms. The van der Waals surface area contributed by atoms with Crippen LogP contribution in [0, 0.1) is 20.2 Å². The number of thiazole rings is 1. The molecule has 4 rings (SSSR count). The molecule has 1 aromatic heterocycles. The smallest absolute Gasteiger partial charge is 0.258 e. The normalized spacial score (nSPS) is 11.9. The molecule has 1 heterocycles. The van der Waals surface area contributed by atoms with Crippen molar-refractivity contribution in [2.45, 2.75) is 4.34 Å². The van der Waals surface area contributed by atoms with Gasteiger partial charge in [0.1, 0.15) is 4.91 Å². The van der Waals surface area contributed by atoms with Crippen molar-refractivity contribution >= 4 is 49.6 Å². The summed E-state index contributed by atoms with van der Waals surface area (Å²) in [4.78, 5) is 27.2. The summed E-state index contributed by atoms with van der Waals surface area (Å²) < 4.78 is 1.22. The van der Waals surface area contributed by atoms with E-state index in [1.54, 1.807) is 36.4 Å². The Labute approximate surface area is 179 Å². The summed E-state index contributed by atoms with van der Waals surface area (Å²) in [7, 11) is 0. The predicted molar refractivity (Wildman–Crippen MR) is 119 cm³/mol. The third-order valence-corrected chi connectivity index (χ3v) is 6.45. The van der Waals surface area contributed by atoms with Gasteiger partial charge in [-0.25, -0.2) is 4.98 Å². The first-order valence-electron chi connectivity index (χ1n) is 8.75. The fourth-order valence-electron chi connectivity index (χ4n) is 2.89. The summed E-state index contributed by atoms with van der Waals surface area (Å²) in [6.45, 7) is 0. The molecule has 0 saturated heterocycles. The Balaban J connectivity index is 1.86. The van der Waals surface area contributed by atoms with Crippen molar-refractivity contribution < 1.29 is 9.85 Å². The van der Waals surface area contributed by atoms with Gasteiger partial charge in [0.15, 0.2) is 4.34 Å². The second-order valence-corrected chi connectivity index (χ2v) is 8.45. The van der Waals surface area contributed by atoms with Crippen LogP contribution in [0.3, 0.4) is 0 Å². The summed E-state index contributed by atoms with van der Waals surface area (Å²) in [5, 5.41) is 23.1. The van der Waals surface area contributed by atoms with Crippen LogP contribution in [0.1, 0.15) is 11.1 Å². The second kappa shape index (κ2) is 8.44. The Bertz CT molecular complexity index is 1270. The lowest BCUT2D eigenvalue weighted by atomic mass is 10.1. The lowest BCUT2D eigenvalue weighted by molar-refractivity contribution is -0.384. The minimum absolute atomic E-state index is 0.0166. The molecule has 0 spiro atoms. The van der Waals surface area contributed by atoms with E-state index in [-0.39, 0.29) is 16.3 Å². The zero-order valence-electron chi connectivity index (χ0n) is 15.3. The summed E-state index contributed by atoms with van der Waals surface area (Å²) >= 11 is 2.46. The van der Waals surface area contributed by atoms with Crippen LogP contribution in [0.15, 0.2) is 83.2 Å². The van der Waals surface area contributed by atoms with Crippen LogP contribution in [0.2, 0.25) is 0 Å². The average molecular weight is 435 g/mol. The van der Waals surface area contributed by atoms with E-state index in [0.29, 0.717) is 30.6 Å². The number of hydrogen-bond acceptors (Lipinski definition) is 7. The molecule has 4 aromatic rings. The Hall–Kier alpha value is -3.56. The number of nitrogens with zero attached hydrogens (tertiary/aromatic N) is 3. The number of rotatable bonds is 6. The van der Waals surface area contributed by atoms with Gasteiger partial charge in [0.2, 0.25) is 0 Å². The minimum Gasteiger partial charge on any atom is -0.258 e. The molecule has 0 atom stereocenters. The quantitative estimate of drug-likeness (QED) is 0.157. The van der Waals surface area contributed by atoms with Crippen LogP contribution in [-0.2, 0) is 0 Å². The molecule has 0 amide bonds. The minimum atomic E-state index is -0.457. The number of thioether (sulfide) groups is 1. The maximum Gasteiger partial charge on any atom is 0.291 e. The van der Waals surface area contributed by atoms with E-state index in [9.17, 15) is 20.2 Å². The van der Waals surface area contributed by atoms with Gasteiger partial charge >= 0.3 is 0 Å². The average Bonchev–Trinajstić information content (AvgIpc) is 3.16. The lowest BCUT2D eigenvalue weighted by Gasteiger charge is -2.08. The summed E-state index contributed by atoms with van der Waals surface area (Å²) in [5.74, 6) is 0. The van der Waals surface area contributed by atoms with Crippen LogP contribution in [-0.4, -0.2) is 14.8 Å². The number of nitro benzene ring substituents is 1. The van der Waals surface area contributed by atoms with Crippen LogP contribution in [0.4, 0.5) is 5.69 Å². The maximum absolute atomic E-state index is 12.0. The maximum atomic E-state index is 12.0. The molecule has 0 saturated carbocycles. The van der Waals surface area contributed by atoms with Crippen molar-refractivity contribution in [3.05, 3.63) is 110 Å². The number of aromatic nitrogens is 1. The molecule has 0 radical (unpaired) electrons. The van der Waals surface area contributed by atoms with Crippen molar-refractivity contribution in [2.75, 3.05) is 0 Å². The van der Waals surface area contributed by atoms with Crippen LogP contribution in [0.25, 0.3) is 20.8 Å². The van der Waals surface area contributed by atoms with Crippen molar-refractivity contribution in [3.63, 3.8) is 0 Å². The molecule has 3 aromatic carbocycles. The van der Waals surface area contributed by atoms with Crippen LogP contribution in [0.5, 0.6) is 0 Å². The SMILES string of the molecule is O=[N+]([O-])C(=C(Sc1nc2ccc([N+](=O)[O-])cc2s1)c1ccccc1)c1ccccc1. The van der Waals surface area contributed by atoms with E-state index in [0.717, 1.165) is 0 Å². The Morgan fingerprint density at radius 3 is 2.10 bits per heavy atom. The molecule has 148 valence electrons. The van der Waals surface area contributed by atoms with E-state index >= 15 is 0 Å². The van der Waals surface area contributed by atoms with E-state index in [1.165, 1.54) is 35.2 Å². The van der Waals surface area contributed by atoms with Gasteiger partial charge in [0.25, 0.3) is 11.4 Å². The molecule has 0 unspecified atom stereocenters. The van der Waals surface area contributed by atoms with Gasteiger partial charge in [-0.3, -0.25) is 20.2 Å². The molecular formula is C21H13N3O4S2. The predicted octanol–water partition coefficient (Wildman–Crippen LogP) is 6.10. The zero-order valence-corrected chi connectivity index (χ0v) is 16.9. The van der Waals surface area contributed by atoms with Gasteiger partial charge < -0.3 is 0 Å². The van der Waals surface area contributed by atoms with Crippen molar-refractivity contribution in [1.82, 2.24) is 4.98 Å². The number of benzene rings is 3. The fraction of sp³-hybridized carbons (Fsp3) is 0. The standard InChI is InChI=1S/C21H13N3O4S2/c25-23(26)16-11-12-17-18(13-16)29-21(22-17)30-20(15-9-5-2-6-10-15)19(24(27)28)14-7-3-1-4-8-14/h1-13H. The van der Waals surface area contributed by atoms with Gasteiger partial charge in [-0.2, -0.15) is 0 Å². The molecule has 0 aliphatic rings. The highest BCUT2D eigenvalue weighted by Crippen LogP contribution is 2.43. The first kappa shape index (κ1) is 19.7. The van der Waals surface area contributed by atoms with Gasteiger partial charge in [-0.15, -0.1) is 11.3 Å². The molecule has 0 aliphatic carbocycles. The second-order valence-electron chi connectivity index (χ2n) is 6.16. The molecule has 0 fully saturated rings. The molecule has 30 heavy (non-hydrogen) atoms. The molecular weight excluding hydrogens is 422 g/mol. The lowest BCUT2D eigenvalue weighted by Crippen LogP contribution is -2.01. The largest absolute Gasteiger partial charge is 0.291 e. The van der Waals surface area contributed by atoms with Crippen molar-refractivity contribution in [1.29, 1.82) is 0 Å². The highest BCUT2D eigenvalue weighted by atomic mass is 32.2. The Morgan fingerprint density at radius 2 is 1.50 bits per heavy atom. The van der Waals surface area contributed by atoms with E-state index in [4.69, 9.17) is 0 Å². The Morgan fingerprint density at radius 1 is 0.867 bits per heavy atom. The zero-order chi connectivity index (χ0) is 21.1. The number of hydrogen-bond donors (Lipinski definition) is 0. The van der Waals surface area contributed by atoms with Crippen molar-refractivity contribution in [3.8, 4) is 0 Å². The topological polar surface area (TPSA) is 99.2 Å². The fourth-order valence-corrected chi connectivity index (χ4v) is 5.16. The third-order valence-electron chi connectivity index (χ3n) is 4.23. The highest BCUT2D eigenvalue weighted by molar-refractivity contribution is 8.10. The summed E-state index contributed by atoms with van der Waals surface area (Å²) in [6, 6.07) is 22.3. The first-order valence-corrected chi connectivity index (χ1v) is 10.4. The Kier molecular flexibility index (Phi) is 5.55. The third kappa shape index (κ3) is 4.07. The molecule has 7 nitrogen and oxygen atoms in total. The number of fused-ring (bicyclic) bond motifs is 1. The van der Waals surface area contributed by atoms with Crippen LogP contribution >= 0.6 is 23.1 Å². The van der Waals surface area contributed by atoms with Gasteiger partial charge in [-0.1, -0.05) is 60.3 Å². The molecule has 0 N–H and O–H groups in total. The monoisotopic (exact) mass is 435 g/mol. The van der Waals surface area contributed by atoms with Gasteiger partial charge in [-0.05, 0) is 23.8 Å². The highest BCUT2D eigenvalue weighted by Gasteiger charge is 2.24. The summed E-state index contributed by atoms with van der Waals surface area (Å²) in [5.41, 5.74) is 1.77. The first-order chi connectivity index (χ1) is 14.5.